The van der Waals surface area contributed by atoms with Gasteiger partial charge in [0.2, 0.25) is 5.91 Å². The van der Waals surface area contributed by atoms with Gasteiger partial charge in [-0.2, -0.15) is 5.10 Å². The Balaban J connectivity index is 1.36. The molecule has 1 aliphatic carbocycles. The van der Waals surface area contributed by atoms with Crippen molar-refractivity contribution in [2.75, 3.05) is 18.4 Å². The summed E-state index contributed by atoms with van der Waals surface area (Å²) < 4.78 is 7.25. The predicted octanol–water partition coefficient (Wildman–Crippen LogP) is 1.67. The molecule has 8 nitrogen and oxygen atoms in total. The summed E-state index contributed by atoms with van der Waals surface area (Å²) in [4.78, 5) is 14.5. The molecular formula is C16H22N6O2. The van der Waals surface area contributed by atoms with Crippen LogP contribution in [0.4, 0.5) is 6.01 Å². The van der Waals surface area contributed by atoms with Crippen LogP contribution in [0.25, 0.3) is 11.5 Å². The van der Waals surface area contributed by atoms with Crippen molar-refractivity contribution in [2.45, 2.75) is 38.6 Å². The summed E-state index contributed by atoms with van der Waals surface area (Å²) in [6, 6.07) is -0.133. The number of likely N-dealkylation sites (tertiary alicyclic amines) is 1. The molecule has 2 fully saturated rings. The Hall–Kier alpha value is -2.38. The summed E-state index contributed by atoms with van der Waals surface area (Å²) in [6.45, 7) is 3.54. The number of carbonyl (C=O) groups is 1. The van der Waals surface area contributed by atoms with E-state index in [1.165, 1.54) is 12.8 Å². The van der Waals surface area contributed by atoms with Gasteiger partial charge >= 0.3 is 6.01 Å². The average Bonchev–Trinajstić information content (AvgIpc) is 2.98. The van der Waals surface area contributed by atoms with Crippen molar-refractivity contribution < 1.29 is 9.21 Å². The maximum absolute atomic E-state index is 12.6. The van der Waals surface area contributed by atoms with Crippen LogP contribution < -0.4 is 5.32 Å². The molecule has 1 spiro atoms. The molecule has 1 saturated carbocycles. The van der Waals surface area contributed by atoms with Crippen molar-refractivity contribution >= 4 is 11.9 Å². The van der Waals surface area contributed by atoms with Crippen molar-refractivity contribution in [1.82, 2.24) is 24.9 Å². The first-order valence-electron chi connectivity index (χ1n) is 8.43. The molecule has 2 aliphatic rings. The zero-order chi connectivity index (χ0) is 16.7. The second-order valence-corrected chi connectivity index (χ2v) is 7.01. The zero-order valence-corrected chi connectivity index (χ0v) is 14.0. The predicted molar refractivity (Wildman–Crippen MR) is 87.1 cm³/mol. The fourth-order valence-electron chi connectivity index (χ4n) is 3.33. The molecule has 1 amide bonds. The number of nitrogens with one attached hydrogen (secondary N) is 1. The molecule has 24 heavy (non-hydrogen) atoms. The minimum absolute atomic E-state index is 0.0895. The fourth-order valence-corrected chi connectivity index (χ4v) is 3.33. The Kier molecular flexibility index (Phi) is 3.54. The molecule has 4 rings (SSSR count). The fraction of sp³-hybridized carbons (Fsp3) is 0.625. The summed E-state index contributed by atoms with van der Waals surface area (Å²) in [5.41, 5.74) is 1.32. The lowest BCUT2D eigenvalue weighted by Crippen LogP contribution is -2.45. The molecule has 0 aromatic carbocycles. The van der Waals surface area contributed by atoms with E-state index in [2.05, 4.69) is 20.6 Å². The summed E-state index contributed by atoms with van der Waals surface area (Å²) in [7, 11) is 1.82. The minimum atomic E-state index is -0.388. The van der Waals surface area contributed by atoms with Gasteiger partial charge in [0.25, 0.3) is 5.89 Å². The lowest BCUT2D eigenvalue weighted by atomic mass is 9.93. The van der Waals surface area contributed by atoms with Gasteiger partial charge < -0.3 is 14.6 Å². The van der Waals surface area contributed by atoms with E-state index >= 15 is 0 Å². The molecule has 128 valence electrons. The highest BCUT2D eigenvalue weighted by Gasteiger charge is 2.45. The van der Waals surface area contributed by atoms with Gasteiger partial charge in [-0.25, -0.2) is 0 Å². The van der Waals surface area contributed by atoms with Crippen LogP contribution in [0.2, 0.25) is 0 Å². The molecule has 0 radical (unpaired) electrons. The second-order valence-electron chi connectivity index (χ2n) is 7.01. The molecule has 1 unspecified atom stereocenters. The van der Waals surface area contributed by atoms with Gasteiger partial charge in [-0.1, -0.05) is 5.10 Å². The molecule has 2 aromatic rings. The number of hydrogen-bond donors (Lipinski definition) is 1. The standard InChI is InChI=1S/C16H22N6O2/c1-11(14(23)22-7-5-16(3-4-16)6-8-22)18-15-20-19-13(24-15)12-9-17-21(2)10-12/h9-11H,3-8H2,1-2H3,(H,18,20). The Morgan fingerprint density at radius 2 is 2.04 bits per heavy atom. The monoisotopic (exact) mass is 330 g/mol. The molecule has 1 aliphatic heterocycles. The van der Waals surface area contributed by atoms with E-state index in [-0.39, 0.29) is 18.0 Å². The number of amides is 1. The molecule has 8 heteroatoms. The maximum atomic E-state index is 12.6. The minimum Gasteiger partial charge on any atom is -0.403 e. The highest BCUT2D eigenvalue weighted by atomic mass is 16.4. The summed E-state index contributed by atoms with van der Waals surface area (Å²) in [6.07, 6.45) is 8.40. The van der Waals surface area contributed by atoms with Gasteiger partial charge in [-0.3, -0.25) is 9.48 Å². The molecular weight excluding hydrogens is 308 g/mol. The van der Waals surface area contributed by atoms with Gasteiger partial charge in [0, 0.05) is 26.3 Å². The summed E-state index contributed by atoms with van der Waals surface area (Å²) in [5.74, 6) is 0.477. The lowest BCUT2D eigenvalue weighted by molar-refractivity contribution is -0.133. The highest BCUT2D eigenvalue weighted by molar-refractivity contribution is 5.83. The van der Waals surface area contributed by atoms with Gasteiger partial charge in [-0.05, 0) is 38.0 Å². The number of carbonyl (C=O) groups excluding carboxylic acids is 1. The van der Waals surface area contributed by atoms with Gasteiger partial charge in [0.1, 0.15) is 6.04 Å². The number of aryl methyl sites for hydroxylation is 1. The third-order valence-corrected chi connectivity index (χ3v) is 5.18. The molecule has 1 saturated heterocycles. The third-order valence-electron chi connectivity index (χ3n) is 5.18. The number of rotatable bonds is 4. The van der Waals surface area contributed by atoms with Crippen molar-refractivity contribution in [2.24, 2.45) is 12.5 Å². The molecule has 2 aromatic heterocycles. The highest BCUT2D eigenvalue weighted by Crippen LogP contribution is 2.53. The number of aromatic nitrogens is 4. The van der Waals surface area contributed by atoms with Crippen molar-refractivity contribution in [3.63, 3.8) is 0 Å². The normalized spacial score (nSPS) is 20.2. The van der Waals surface area contributed by atoms with Crippen LogP contribution in [-0.2, 0) is 11.8 Å². The molecule has 1 atom stereocenters. The van der Waals surface area contributed by atoms with Crippen molar-refractivity contribution in [3.05, 3.63) is 12.4 Å². The maximum Gasteiger partial charge on any atom is 0.316 e. The Labute approximate surface area is 140 Å². The van der Waals surface area contributed by atoms with Crippen LogP contribution >= 0.6 is 0 Å². The van der Waals surface area contributed by atoms with E-state index in [1.54, 1.807) is 17.1 Å². The van der Waals surface area contributed by atoms with Gasteiger partial charge in [0.15, 0.2) is 0 Å². The summed E-state index contributed by atoms with van der Waals surface area (Å²) in [5, 5.41) is 15.1. The van der Waals surface area contributed by atoms with Crippen LogP contribution in [0.1, 0.15) is 32.6 Å². The first-order valence-corrected chi connectivity index (χ1v) is 8.43. The third kappa shape index (κ3) is 2.88. The van der Waals surface area contributed by atoms with Crippen molar-refractivity contribution in [3.8, 4) is 11.5 Å². The quantitative estimate of drug-likeness (QED) is 0.917. The largest absolute Gasteiger partial charge is 0.403 e. The van der Waals surface area contributed by atoms with Gasteiger partial charge in [0.05, 0.1) is 11.8 Å². The number of anilines is 1. The Morgan fingerprint density at radius 3 is 2.67 bits per heavy atom. The van der Waals surface area contributed by atoms with E-state index < -0.39 is 0 Å². The van der Waals surface area contributed by atoms with E-state index in [1.807, 2.05) is 18.9 Å². The smallest absolute Gasteiger partial charge is 0.316 e. The van der Waals surface area contributed by atoms with Crippen LogP contribution in [0.5, 0.6) is 0 Å². The molecule has 0 bridgehead atoms. The molecule has 3 heterocycles. The summed E-state index contributed by atoms with van der Waals surface area (Å²) >= 11 is 0. The van der Waals surface area contributed by atoms with Crippen LogP contribution in [0, 0.1) is 5.41 Å². The van der Waals surface area contributed by atoms with Crippen LogP contribution in [-0.4, -0.2) is 49.9 Å². The van der Waals surface area contributed by atoms with E-state index in [0.717, 1.165) is 31.5 Å². The number of nitrogens with zero attached hydrogens (tertiary/aromatic N) is 5. The number of hydrogen-bond acceptors (Lipinski definition) is 6. The number of piperidine rings is 1. The Morgan fingerprint density at radius 1 is 1.29 bits per heavy atom. The second kappa shape index (κ2) is 5.61. The Bertz CT molecular complexity index is 737. The van der Waals surface area contributed by atoms with Gasteiger partial charge in [-0.15, -0.1) is 5.10 Å². The first-order chi connectivity index (χ1) is 11.5. The average molecular weight is 330 g/mol. The first kappa shape index (κ1) is 15.2. The SMILES string of the molecule is CC(Nc1nnc(-c2cnn(C)c2)o1)C(=O)N1CCC2(CC1)CC2. The molecule has 1 N–H and O–H groups in total. The van der Waals surface area contributed by atoms with E-state index in [4.69, 9.17) is 4.42 Å². The van der Waals surface area contributed by atoms with Crippen molar-refractivity contribution in [1.29, 1.82) is 0 Å². The zero-order valence-electron chi connectivity index (χ0n) is 14.0. The topological polar surface area (TPSA) is 89.1 Å². The van der Waals surface area contributed by atoms with Crippen LogP contribution in [0.15, 0.2) is 16.8 Å². The lowest BCUT2D eigenvalue weighted by Gasteiger charge is -2.33. The van der Waals surface area contributed by atoms with E-state index in [9.17, 15) is 4.79 Å². The van der Waals surface area contributed by atoms with Crippen LogP contribution in [0.3, 0.4) is 0 Å². The van der Waals surface area contributed by atoms with E-state index in [0.29, 0.717) is 11.3 Å².